The Kier molecular flexibility index (Phi) is 12.7. The Hall–Kier alpha value is -4.50. The number of rotatable bonds is 18. The van der Waals surface area contributed by atoms with Crippen molar-refractivity contribution in [2.24, 2.45) is 11.5 Å². The molecule has 41 heavy (non-hydrogen) atoms. The summed E-state index contributed by atoms with van der Waals surface area (Å²) in [5, 5.41) is 35.7. The molecule has 0 saturated heterocycles. The topological polar surface area (TPSA) is 267 Å². The molecule has 0 unspecified atom stereocenters. The fraction of sp³-hybridized carbons (Fsp3) is 0.462. The van der Waals surface area contributed by atoms with E-state index in [2.05, 4.69) is 20.9 Å². The van der Waals surface area contributed by atoms with Crippen LogP contribution in [0.1, 0.15) is 44.1 Å². The lowest BCUT2D eigenvalue weighted by Crippen LogP contribution is -2.57. The molecule has 0 fully saturated rings. The highest BCUT2D eigenvalue weighted by Crippen LogP contribution is 2.19. The number of hydrogen-bond donors (Lipinski definition) is 9. The third kappa shape index (κ3) is 10.5. The molecule has 0 radical (unpaired) electrons. The van der Waals surface area contributed by atoms with Crippen LogP contribution in [0.15, 0.2) is 30.5 Å². The summed E-state index contributed by atoms with van der Waals surface area (Å²) < 4.78 is 0. The van der Waals surface area contributed by atoms with Crippen molar-refractivity contribution in [3.8, 4) is 0 Å². The number of fused-ring (bicyclic) bond motifs is 1. The fourth-order valence-corrected chi connectivity index (χ4v) is 4.10. The van der Waals surface area contributed by atoms with Gasteiger partial charge in [0.05, 0.1) is 12.5 Å². The zero-order valence-corrected chi connectivity index (χ0v) is 22.3. The van der Waals surface area contributed by atoms with Gasteiger partial charge >= 0.3 is 17.9 Å². The minimum atomic E-state index is -1.73. The monoisotopic (exact) mass is 576 g/mol. The van der Waals surface area contributed by atoms with Gasteiger partial charge in [0.15, 0.2) is 0 Å². The quantitative estimate of drug-likeness (QED) is 0.0976. The number of hydrogen-bond acceptors (Lipinski definition) is 8. The molecule has 224 valence electrons. The Morgan fingerprint density at radius 3 is 2.07 bits per heavy atom. The van der Waals surface area contributed by atoms with Gasteiger partial charge < -0.3 is 47.7 Å². The van der Waals surface area contributed by atoms with Gasteiger partial charge in [-0.3, -0.25) is 24.0 Å². The number of nitrogens with two attached hydrogens (primary N) is 2. The van der Waals surface area contributed by atoms with Crippen LogP contribution >= 0.6 is 0 Å². The first-order valence-corrected chi connectivity index (χ1v) is 13.0. The van der Waals surface area contributed by atoms with Crippen LogP contribution in [0.25, 0.3) is 10.9 Å². The number of para-hydroxylation sites is 1. The Labute approximate surface area is 235 Å². The van der Waals surface area contributed by atoms with Gasteiger partial charge in [0.2, 0.25) is 17.7 Å². The van der Waals surface area contributed by atoms with Crippen LogP contribution in [0.4, 0.5) is 0 Å². The highest BCUT2D eigenvalue weighted by atomic mass is 16.4. The third-order valence-corrected chi connectivity index (χ3v) is 6.31. The molecule has 15 heteroatoms. The molecule has 11 N–H and O–H groups in total. The summed E-state index contributed by atoms with van der Waals surface area (Å²) in [6.07, 6.45) is 1.07. The highest BCUT2D eigenvalue weighted by molar-refractivity contribution is 5.96. The average molecular weight is 577 g/mol. The van der Waals surface area contributed by atoms with E-state index in [4.69, 9.17) is 16.6 Å². The molecule has 0 saturated carbocycles. The Morgan fingerprint density at radius 1 is 0.805 bits per heavy atom. The van der Waals surface area contributed by atoms with Crippen molar-refractivity contribution in [2.45, 2.75) is 69.1 Å². The summed E-state index contributed by atoms with van der Waals surface area (Å²) in [5.41, 5.74) is 12.6. The Balaban J connectivity index is 2.17. The normalized spacial score (nSPS) is 13.9. The largest absolute Gasteiger partial charge is 0.481 e. The molecular formula is C26H36N6O9. The van der Waals surface area contributed by atoms with Crippen molar-refractivity contribution in [2.75, 3.05) is 6.54 Å². The second-order valence-corrected chi connectivity index (χ2v) is 9.51. The zero-order valence-electron chi connectivity index (χ0n) is 22.3. The van der Waals surface area contributed by atoms with E-state index in [1.165, 1.54) is 0 Å². The van der Waals surface area contributed by atoms with Gasteiger partial charge in [-0.1, -0.05) is 24.6 Å². The number of benzene rings is 1. The number of aromatic amines is 1. The number of unbranched alkanes of at least 4 members (excludes halogenated alkanes) is 1. The van der Waals surface area contributed by atoms with Crippen LogP contribution in [-0.4, -0.2) is 86.6 Å². The number of carboxylic acids is 3. The van der Waals surface area contributed by atoms with Crippen molar-refractivity contribution in [3.05, 3.63) is 36.0 Å². The van der Waals surface area contributed by atoms with Crippen molar-refractivity contribution in [1.29, 1.82) is 0 Å². The van der Waals surface area contributed by atoms with Crippen LogP contribution in [0.3, 0.4) is 0 Å². The SMILES string of the molecule is NCCCC[C@H](N)C(=O)N[C@@H](CCC(=O)O)C(=O)N[C@@H](CC(=O)O)C(=O)N[C@@H](Cc1c[nH]c2ccccc12)C(=O)O. The zero-order chi connectivity index (χ0) is 30.5. The molecule has 1 aromatic carbocycles. The van der Waals surface area contributed by atoms with Crippen LogP contribution < -0.4 is 27.4 Å². The predicted octanol–water partition coefficient (Wildman–Crippen LogP) is -0.955. The van der Waals surface area contributed by atoms with Crippen molar-refractivity contribution in [1.82, 2.24) is 20.9 Å². The molecule has 2 rings (SSSR count). The van der Waals surface area contributed by atoms with E-state index >= 15 is 0 Å². The number of H-pyrrole nitrogens is 1. The maximum absolute atomic E-state index is 13.0. The van der Waals surface area contributed by atoms with Gasteiger partial charge in [-0.05, 0) is 37.4 Å². The first-order chi connectivity index (χ1) is 19.4. The maximum Gasteiger partial charge on any atom is 0.326 e. The summed E-state index contributed by atoms with van der Waals surface area (Å²) in [4.78, 5) is 76.1. The van der Waals surface area contributed by atoms with E-state index in [9.17, 15) is 39.0 Å². The van der Waals surface area contributed by atoms with Gasteiger partial charge in [0, 0.05) is 29.9 Å². The molecule has 1 aromatic heterocycles. The lowest BCUT2D eigenvalue weighted by Gasteiger charge is -2.24. The van der Waals surface area contributed by atoms with E-state index in [1.54, 1.807) is 30.5 Å². The van der Waals surface area contributed by atoms with E-state index in [1.807, 2.05) is 0 Å². The Morgan fingerprint density at radius 2 is 1.44 bits per heavy atom. The molecule has 2 aromatic rings. The molecule has 3 amide bonds. The number of amides is 3. The second-order valence-electron chi connectivity index (χ2n) is 9.51. The number of carboxylic acid groups (broad SMARTS) is 3. The third-order valence-electron chi connectivity index (χ3n) is 6.31. The molecule has 0 aliphatic rings. The number of carbonyl (C=O) groups excluding carboxylic acids is 3. The smallest absolute Gasteiger partial charge is 0.326 e. The van der Waals surface area contributed by atoms with Gasteiger partial charge in [-0.2, -0.15) is 0 Å². The number of aliphatic carboxylic acids is 3. The van der Waals surface area contributed by atoms with Crippen LogP contribution in [0.2, 0.25) is 0 Å². The Bertz CT molecular complexity index is 1250. The highest BCUT2D eigenvalue weighted by Gasteiger charge is 2.32. The molecular weight excluding hydrogens is 540 g/mol. The standard InChI is InChI=1S/C26H36N6O9/c27-10-4-3-6-16(28)23(37)30-18(8-9-21(33)34)24(38)31-19(12-22(35)36)25(39)32-20(26(40)41)11-14-13-29-17-7-2-1-5-15(14)17/h1-2,5,7,13,16,18-20,29H,3-4,6,8-12,27-28H2,(H,30,37)(H,31,38)(H,32,39)(H,33,34)(H,35,36)(H,40,41)/t16-,18-,19-,20-/m0/s1. The first-order valence-electron chi connectivity index (χ1n) is 13.0. The van der Waals surface area contributed by atoms with E-state index in [-0.39, 0.29) is 19.3 Å². The van der Waals surface area contributed by atoms with Gasteiger partial charge in [-0.15, -0.1) is 0 Å². The molecule has 0 spiro atoms. The van der Waals surface area contributed by atoms with Crippen LogP contribution in [0.5, 0.6) is 0 Å². The number of nitrogens with one attached hydrogen (secondary N) is 4. The number of carbonyl (C=O) groups is 6. The van der Waals surface area contributed by atoms with Gasteiger partial charge in [-0.25, -0.2) is 4.79 Å². The van der Waals surface area contributed by atoms with Crippen molar-refractivity contribution >= 4 is 46.5 Å². The van der Waals surface area contributed by atoms with Gasteiger partial charge in [0.25, 0.3) is 0 Å². The van der Waals surface area contributed by atoms with Crippen LogP contribution in [-0.2, 0) is 35.2 Å². The van der Waals surface area contributed by atoms with E-state index < -0.39 is 72.6 Å². The van der Waals surface area contributed by atoms with Gasteiger partial charge in [0.1, 0.15) is 18.1 Å². The predicted molar refractivity (Wildman–Crippen MR) is 145 cm³/mol. The lowest BCUT2D eigenvalue weighted by atomic mass is 10.0. The summed E-state index contributed by atoms with van der Waals surface area (Å²) in [6.45, 7) is 0.398. The molecule has 15 nitrogen and oxygen atoms in total. The molecule has 0 aliphatic heterocycles. The van der Waals surface area contributed by atoms with E-state index in [0.29, 0.717) is 24.9 Å². The minimum absolute atomic E-state index is 0.141. The summed E-state index contributed by atoms with van der Waals surface area (Å²) >= 11 is 0. The fourth-order valence-electron chi connectivity index (χ4n) is 4.10. The lowest BCUT2D eigenvalue weighted by molar-refractivity contribution is -0.143. The summed E-state index contributed by atoms with van der Waals surface area (Å²) in [7, 11) is 0. The first kappa shape index (κ1) is 32.7. The molecule has 1 heterocycles. The van der Waals surface area contributed by atoms with Crippen molar-refractivity contribution < 1.29 is 44.1 Å². The van der Waals surface area contributed by atoms with E-state index in [0.717, 1.165) is 10.9 Å². The summed E-state index contributed by atoms with van der Waals surface area (Å²) in [5.74, 6) is -6.98. The van der Waals surface area contributed by atoms with Crippen LogP contribution in [0, 0.1) is 0 Å². The average Bonchev–Trinajstić information content (AvgIpc) is 3.32. The second kappa shape index (κ2) is 15.9. The minimum Gasteiger partial charge on any atom is -0.481 e. The number of aromatic nitrogens is 1. The molecule has 0 bridgehead atoms. The molecule has 0 aliphatic carbocycles. The summed E-state index contributed by atoms with van der Waals surface area (Å²) in [6, 6.07) is 1.45. The molecule has 4 atom stereocenters. The van der Waals surface area contributed by atoms with Crippen molar-refractivity contribution in [3.63, 3.8) is 0 Å². The maximum atomic E-state index is 13.0.